The van der Waals surface area contributed by atoms with Crippen molar-refractivity contribution in [2.24, 2.45) is 32.6 Å². The van der Waals surface area contributed by atoms with E-state index in [1.807, 2.05) is 12.2 Å². The maximum absolute atomic E-state index is 13.2. The quantitative estimate of drug-likeness (QED) is 0.497. The number of hydrogen-bond acceptors (Lipinski definition) is 5. The molecule has 1 aromatic rings. The number of halogens is 1. The van der Waals surface area contributed by atoms with Gasteiger partial charge < -0.3 is 17.2 Å². The van der Waals surface area contributed by atoms with E-state index in [4.69, 9.17) is 17.2 Å². The normalized spacial score (nSPS) is 23.4. The summed E-state index contributed by atoms with van der Waals surface area (Å²) in [5.74, 6) is -0.301. The molecular weight excluding hydrogens is 353 g/mol. The summed E-state index contributed by atoms with van der Waals surface area (Å²) in [5, 5.41) is 0. The van der Waals surface area contributed by atoms with Gasteiger partial charge in [0.05, 0.1) is 11.4 Å². The molecule has 0 bridgehead atoms. The van der Waals surface area contributed by atoms with Crippen LogP contribution in [-0.2, 0) is 0 Å². The van der Waals surface area contributed by atoms with Crippen LogP contribution in [0.2, 0.25) is 0 Å². The number of nitrogens with zero attached hydrogens (tertiary/aromatic N) is 2. The van der Waals surface area contributed by atoms with Gasteiger partial charge in [-0.05, 0) is 67.6 Å². The minimum atomic E-state index is -0.394. The monoisotopic (exact) mass is 381 g/mol. The lowest BCUT2D eigenvalue weighted by Crippen LogP contribution is -2.31. The van der Waals surface area contributed by atoms with Crippen LogP contribution in [0.3, 0.4) is 0 Å². The molecule has 0 amide bonds. The van der Waals surface area contributed by atoms with Crippen LogP contribution in [0.4, 0.5) is 10.1 Å². The summed E-state index contributed by atoms with van der Waals surface area (Å²) in [6.45, 7) is 4.56. The number of nitrogens with two attached hydrogens (primary N) is 3. The van der Waals surface area contributed by atoms with Crippen molar-refractivity contribution in [3.63, 3.8) is 0 Å². The fourth-order valence-electron chi connectivity index (χ4n) is 3.37. The number of allylic oxidation sites excluding steroid dienone is 5. The Kier molecular flexibility index (Phi) is 7.46. The molecule has 0 aromatic heterocycles. The van der Waals surface area contributed by atoms with Gasteiger partial charge in [0.15, 0.2) is 0 Å². The molecule has 0 spiro atoms. The van der Waals surface area contributed by atoms with Crippen LogP contribution >= 0.6 is 0 Å². The Bertz CT molecular complexity index is 846. The lowest BCUT2D eigenvalue weighted by molar-refractivity contribution is 0.434. The minimum absolute atomic E-state index is 0.301. The first kappa shape index (κ1) is 21.3. The average molecular weight is 381 g/mol. The molecule has 1 atom stereocenters. The molecule has 6 heteroatoms. The van der Waals surface area contributed by atoms with Crippen molar-refractivity contribution in [3.05, 3.63) is 77.9 Å². The van der Waals surface area contributed by atoms with E-state index >= 15 is 0 Å². The lowest BCUT2D eigenvalue weighted by atomic mass is 9.66. The van der Waals surface area contributed by atoms with E-state index in [9.17, 15) is 4.39 Å². The maximum atomic E-state index is 13.2. The summed E-state index contributed by atoms with van der Waals surface area (Å²) < 4.78 is 13.2. The Morgan fingerprint density at radius 3 is 2.61 bits per heavy atom. The van der Waals surface area contributed by atoms with Gasteiger partial charge in [-0.25, -0.2) is 9.38 Å². The zero-order valence-electron chi connectivity index (χ0n) is 16.2. The first-order valence-corrected chi connectivity index (χ1v) is 9.15. The van der Waals surface area contributed by atoms with Crippen molar-refractivity contribution >= 4 is 17.6 Å². The predicted octanol–water partition coefficient (Wildman–Crippen LogP) is 3.53. The molecule has 148 valence electrons. The average Bonchev–Trinajstić information content (AvgIpc) is 2.70. The molecule has 0 fully saturated rings. The highest BCUT2D eigenvalue weighted by atomic mass is 19.1. The summed E-state index contributed by atoms with van der Waals surface area (Å²) in [7, 11) is 1.70. The molecule has 0 radical (unpaired) electrons. The Balaban J connectivity index is 2.52. The molecule has 0 saturated carbocycles. The summed E-state index contributed by atoms with van der Waals surface area (Å²) in [4.78, 5) is 8.61. The van der Waals surface area contributed by atoms with E-state index in [1.54, 1.807) is 37.7 Å². The van der Waals surface area contributed by atoms with Crippen molar-refractivity contribution in [1.82, 2.24) is 0 Å². The highest BCUT2D eigenvalue weighted by Crippen LogP contribution is 2.45. The largest absolute Gasteiger partial charge is 0.404 e. The summed E-state index contributed by atoms with van der Waals surface area (Å²) >= 11 is 0. The molecule has 0 aliphatic heterocycles. The van der Waals surface area contributed by atoms with Crippen molar-refractivity contribution in [3.8, 4) is 0 Å². The van der Waals surface area contributed by atoms with Gasteiger partial charge in [-0.3, -0.25) is 4.99 Å². The van der Waals surface area contributed by atoms with Gasteiger partial charge in [0.25, 0.3) is 0 Å². The third-order valence-electron chi connectivity index (χ3n) is 4.82. The van der Waals surface area contributed by atoms with Crippen LogP contribution in [0.15, 0.2) is 82.1 Å². The van der Waals surface area contributed by atoms with Crippen LogP contribution in [0.5, 0.6) is 0 Å². The lowest BCUT2D eigenvalue weighted by Gasteiger charge is -2.38. The van der Waals surface area contributed by atoms with E-state index in [-0.39, 0.29) is 5.82 Å². The predicted molar refractivity (Wildman–Crippen MR) is 116 cm³/mol. The molecular formula is C22H28FN5. The third kappa shape index (κ3) is 5.04. The second-order valence-electron chi connectivity index (χ2n) is 6.74. The van der Waals surface area contributed by atoms with Gasteiger partial charge in [0.1, 0.15) is 5.82 Å². The van der Waals surface area contributed by atoms with Crippen molar-refractivity contribution in [1.29, 1.82) is 0 Å². The Morgan fingerprint density at radius 1 is 1.32 bits per heavy atom. The highest BCUT2D eigenvalue weighted by molar-refractivity contribution is 6.11. The van der Waals surface area contributed by atoms with Gasteiger partial charge in [-0.1, -0.05) is 11.6 Å². The number of rotatable bonds is 7. The minimum Gasteiger partial charge on any atom is -0.404 e. The molecule has 1 aromatic carbocycles. The Hall–Kier alpha value is -2.99. The molecule has 6 N–H and O–H groups in total. The number of benzene rings is 1. The number of aliphatic imine (C=N–C) groups is 2. The SMILES string of the molecule is C=CC1(CC(N)=CC=NC)CC(=CN)C(=Nc2ccc(F)cc2)C=C1CCN. The van der Waals surface area contributed by atoms with E-state index in [0.717, 1.165) is 16.9 Å². The molecule has 0 heterocycles. The topological polar surface area (TPSA) is 103 Å². The standard InChI is InChI=1S/C22H28FN5/c1-3-22(14-19(26)9-11-27-2)13-16(15-25)21(12-17(22)8-10-24)28-20-6-4-18(23)5-7-20/h3-7,9,11-12,15H,1,8,10,13-14,24-26H2,2H3. The van der Waals surface area contributed by atoms with Crippen LogP contribution < -0.4 is 17.2 Å². The number of hydrogen-bond donors (Lipinski definition) is 3. The highest BCUT2D eigenvalue weighted by Gasteiger charge is 2.36. The van der Waals surface area contributed by atoms with Crippen LogP contribution in [0.25, 0.3) is 0 Å². The van der Waals surface area contributed by atoms with Crippen LogP contribution in [-0.4, -0.2) is 25.5 Å². The fraction of sp³-hybridized carbons (Fsp3) is 0.273. The van der Waals surface area contributed by atoms with Crippen molar-refractivity contribution in [2.75, 3.05) is 13.6 Å². The van der Waals surface area contributed by atoms with Gasteiger partial charge in [0, 0.05) is 30.8 Å². The molecule has 5 nitrogen and oxygen atoms in total. The summed E-state index contributed by atoms with van der Waals surface area (Å²) in [6.07, 6.45) is 10.8. The molecule has 28 heavy (non-hydrogen) atoms. The first-order chi connectivity index (χ1) is 13.5. The van der Waals surface area contributed by atoms with Gasteiger partial charge in [-0.2, -0.15) is 0 Å². The Morgan fingerprint density at radius 2 is 2.04 bits per heavy atom. The molecule has 0 saturated heterocycles. The van der Waals surface area contributed by atoms with E-state index < -0.39 is 5.41 Å². The van der Waals surface area contributed by atoms with E-state index in [0.29, 0.717) is 37.2 Å². The molecule has 1 aliphatic carbocycles. The molecule has 2 rings (SSSR count). The fourth-order valence-corrected chi connectivity index (χ4v) is 3.37. The van der Waals surface area contributed by atoms with Crippen molar-refractivity contribution < 1.29 is 4.39 Å². The van der Waals surface area contributed by atoms with Gasteiger partial charge >= 0.3 is 0 Å². The Labute approximate surface area is 165 Å². The van der Waals surface area contributed by atoms with E-state index in [2.05, 4.69) is 16.6 Å². The van der Waals surface area contributed by atoms with Gasteiger partial charge in [-0.15, -0.1) is 6.58 Å². The zero-order chi connectivity index (χ0) is 20.6. The smallest absolute Gasteiger partial charge is 0.123 e. The second-order valence-corrected chi connectivity index (χ2v) is 6.74. The zero-order valence-corrected chi connectivity index (χ0v) is 16.2. The van der Waals surface area contributed by atoms with Crippen LogP contribution in [0, 0.1) is 11.2 Å². The first-order valence-electron chi connectivity index (χ1n) is 9.15. The second kappa shape index (κ2) is 9.80. The van der Waals surface area contributed by atoms with Crippen LogP contribution in [0.1, 0.15) is 19.3 Å². The summed E-state index contributed by atoms with van der Waals surface area (Å²) in [6, 6.07) is 6.03. The third-order valence-corrected chi connectivity index (χ3v) is 4.82. The molecule has 1 unspecified atom stereocenters. The maximum Gasteiger partial charge on any atom is 0.123 e. The molecule has 1 aliphatic rings. The van der Waals surface area contributed by atoms with E-state index in [1.165, 1.54) is 12.1 Å². The summed E-state index contributed by atoms with van der Waals surface area (Å²) in [5.41, 5.74) is 21.7. The van der Waals surface area contributed by atoms with Crippen molar-refractivity contribution in [2.45, 2.75) is 19.3 Å². The van der Waals surface area contributed by atoms with Gasteiger partial charge in [0.2, 0.25) is 0 Å².